The fourth-order valence-corrected chi connectivity index (χ4v) is 3.56. The van der Waals surface area contributed by atoms with Gasteiger partial charge in [-0.15, -0.1) is 0 Å². The van der Waals surface area contributed by atoms with Crippen molar-refractivity contribution in [3.63, 3.8) is 0 Å². The molecule has 0 fully saturated rings. The molecule has 0 aromatic heterocycles. The summed E-state index contributed by atoms with van der Waals surface area (Å²) < 4.78 is 0. The monoisotopic (exact) mass is 560 g/mol. The number of hydrogen-bond acceptors (Lipinski definition) is 9. The molecular formula is C26H32N4O10. The topological polar surface area (TPSA) is 249 Å². The van der Waals surface area contributed by atoms with Crippen molar-refractivity contribution in [3.8, 4) is 11.5 Å². The summed E-state index contributed by atoms with van der Waals surface area (Å²) in [6.45, 7) is 1.27. The molecule has 0 radical (unpaired) electrons. The Morgan fingerprint density at radius 1 is 0.700 bits per heavy atom. The van der Waals surface area contributed by atoms with Gasteiger partial charge in [0.25, 0.3) is 0 Å². The van der Waals surface area contributed by atoms with Crippen LogP contribution in [-0.4, -0.2) is 85.5 Å². The second kappa shape index (κ2) is 14.5. The number of carboxylic acids is 2. The normalized spacial score (nSPS) is 14.6. The van der Waals surface area contributed by atoms with Gasteiger partial charge in [-0.05, 0) is 42.3 Å². The Hall–Kier alpha value is -4.69. The zero-order valence-electron chi connectivity index (χ0n) is 21.5. The number of aromatic hydroxyl groups is 2. The van der Waals surface area contributed by atoms with Crippen molar-refractivity contribution in [3.05, 3.63) is 59.7 Å². The lowest BCUT2D eigenvalue weighted by Crippen LogP contribution is -2.59. The molecule has 2 aromatic rings. The Bertz CT molecular complexity index is 1200. The molecule has 3 amide bonds. The first-order valence-electron chi connectivity index (χ1n) is 12.1. The van der Waals surface area contributed by atoms with Crippen LogP contribution in [0.3, 0.4) is 0 Å². The minimum Gasteiger partial charge on any atom is -0.508 e. The van der Waals surface area contributed by atoms with Crippen molar-refractivity contribution in [1.82, 2.24) is 16.0 Å². The Kier molecular flexibility index (Phi) is 11.4. The van der Waals surface area contributed by atoms with Gasteiger partial charge in [-0.1, -0.05) is 24.3 Å². The maximum atomic E-state index is 13.2. The average Bonchev–Trinajstić information content (AvgIpc) is 2.88. The van der Waals surface area contributed by atoms with Gasteiger partial charge in [0.05, 0.1) is 12.5 Å². The van der Waals surface area contributed by atoms with E-state index < -0.39 is 66.4 Å². The van der Waals surface area contributed by atoms with Crippen LogP contribution in [0.4, 0.5) is 0 Å². The quantitative estimate of drug-likeness (QED) is 0.130. The van der Waals surface area contributed by atoms with Crippen molar-refractivity contribution in [1.29, 1.82) is 0 Å². The van der Waals surface area contributed by atoms with Crippen LogP contribution >= 0.6 is 0 Å². The van der Waals surface area contributed by atoms with Crippen LogP contribution < -0.4 is 21.7 Å². The number of nitrogens with two attached hydrogens (primary N) is 1. The van der Waals surface area contributed by atoms with Gasteiger partial charge in [0.1, 0.15) is 35.7 Å². The number of rotatable bonds is 14. The molecule has 10 N–H and O–H groups in total. The number of hydrogen-bond donors (Lipinski definition) is 9. The molecular weight excluding hydrogens is 528 g/mol. The van der Waals surface area contributed by atoms with Crippen LogP contribution in [0.15, 0.2) is 48.5 Å². The second-order valence-corrected chi connectivity index (χ2v) is 9.13. The molecule has 2 rings (SSSR count). The van der Waals surface area contributed by atoms with Crippen LogP contribution in [0.2, 0.25) is 0 Å². The number of amides is 3. The standard InChI is InChI=1S/C26H32N4O10/c1-13(31)22(27)25(38)29-18(10-14-2-6-16(32)7-3-14)23(36)28-19(12-21(34)35)24(37)30-20(26(39)40)11-15-4-8-17(33)9-5-15/h2-9,13,18-20,22,31-33H,10-12,27H2,1H3,(H,28,36)(H,29,38)(H,30,37)(H,34,35)(H,39,40). The summed E-state index contributed by atoms with van der Waals surface area (Å²) in [5.74, 6) is -5.97. The molecule has 0 saturated carbocycles. The van der Waals surface area contributed by atoms with Crippen LogP contribution in [0, 0.1) is 0 Å². The van der Waals surface area contributed by atoms with Gasteiger partial charge in [0.2, 0.25) is 17.7 Å². The Labute approximate surface area is 228 Å². The molecule has 0 spiro atoms. The third-order valence-corrected chi connectivity index (χ3v) is 5.83. The molecule has 40 heavy (non-hydrogen) atoms. The number of benzene rings is 2. The molecule has 0 saturated heterocycles. The smallest absolute Gasteiger partial charge is 0.326 e. The third kappa shape index (κ3) is 9.89. The van der Waals surface area contributed by atoms with Gasteiger partial charge in [-0.25, -0.2) is 4.79 Å². The van der Waals surface area contributed by atoms with E-state index in [0.29, 0.717) is 11.1 Å². The highest BCUT2D eigenvalue weighted by Gasteiger charge is 2.32. The van der Waals surface area contributed by atoms with E-state index in [0.717, 1.165) is 0 Å². The highest BCUT2D eigenvalue weighted by atomic mass is 16.4. The van der Waals surface area contributed by atoms with Crippen molar-refractivity contribution in [2.24, 2.45) is 5.73 Å². The summed E-state index contributed by atoms with van der Waals surface area (Å²) in [6.07, 6.45) is -2.53. The van der Waals surface area contributed by atoms with Crippen molar-refractivity contribution in [2.75, 3.05) is 0 Å². The van der Waals surface area contributed by atoms with E-state index in [1.807, 2.05) is 0 Å². The van der Waals surface area contributed by atoms with Crippen molar-refractivity contribution >= 4 is 29.7 Å². The summed E-state index contributed by atoms with van der Waals surface area (Å²) in [5.41, 5.74) is 6.58. The molecule has 14 nitrogen and oxygen atoms in total. The van der Waals surface area contributed by atoms with Gasteiger partial charge >= 0.3 is 11.9 Å². The Morgan fingerprint density at radius 3 is 1.52 bits per heavy atom. The zero-order valence-corrected chi connectivity index (χ0v) is 21.5. The van der Waals surface area contributed by atoms with E-state index in [1.54, 1.807) is 0 Å². The number of nitrogens with one attached hydrogen (secondary N) is 3. The number of phenolic OH excluding ortho intramolecular Hbond substituents is 2. The molecule has 5 unspecified atom stereocenters. The Morgan fingerprint density at radius 2 is 1.10 bits per heavy atom. The van der Waals surface area contributed by atoms with Crippen LogP contribution in [-0.2, 0) is 36.8 Å². The molecule has 0 aliphatic rings. The molecule has 2 aromatic carbocycles. The van der Waals surface area contributed by atoms with Crippen LogP contribution in [0.1, 0.15) is 24.5 Å². The van der Waals surface area contributed by atoms with Crippen LogP contribution in [0.5, 0.6) is 11.5 Å². The van der Waals surface area contributed by atoms with Gasteiger partial charge in [-0.3, -0.25) is 19.2 Å². The lowest BCUT2D eigenvalue weighted by molar-refractivity contribution is -0.143. The van der Waals surface area contributed by atoms with Crippen molar-refractivity contribution in [2.45, 2.75) is 56.5 Å². The summed E-state index contributed by atoms with van der Waals surface area (Å²) >= 11 is 0. The Balaban J connectivity index is 2.25. The SMILES string of the molecule is CC(O)C(N)C(=O)NC(Cc1ccc(O)cc1)C(=O)NC(CC(=O)O)C(=O)NC(Cc1ccc(O)cc1)C(=O)O. The number of carbonyl (C=O) groups is 5. The van der Waals surface area contributed by atoms with E-state index in [4.69, 9.17) is 5.73 Å². The fraction of sp³-hybridized carbons (Fsp3) is 0.346. The summed E-state index contributed by atoms with van der Waals surface area (Å²) in [6, 6.07) is 5.16. The van der Waals surface area contributed by atoms with Gasteiger partial charge < -0.3 is 47.2 Å². The minimum absolute atomic E-state index is 0.0488. The van der Waals surface area contributed by atoms with Gasteiger partial charge in [0.15, 0.2) is 0 Å². The number of carbonyl (C=O) groups excluding carboxylic acids is 3. The predicted octanol–water partition coefficient (Wildman–Crippen LogP) is -1.40. The number of aliphatic hydroxyl groups is 1. The molecule has 14 heteroatoms. The average molecular weight is 561 g/mol. The molecule has 0 heterocycles. The molecule has 0 aliphatic heterocycles. The van der Waals surface area contributed by atoms with E-state index in [2.05, 4.69) is 16.0 Å². The number of aliphatic hydroxyl groups excluding tert-OH is 1. The maximum Gasteiger partial charge on any atom is 0.326 e. The van der Waals surface area contributed by atoms with E-state index in [-0.39, 0.29) is 24.3 Å². The molecule has 0 aliphatic carbocycles. The van der Waals surface area contributed by atoms with Gasteiger partial charge in [0, 0.05) is 12.8 Å². The van der Waals surface area contributed by atoms with Crippen LogP contribution in [0.25, 0.3) is 0 Å². The van der Waals surface area contributed by atoms with E-state index in [1.165, 1.54) is 55.5 Å². The minimum atomic E-state index is -1.73. The first-order chi connectivity index (χ1) is 18.8. The summed E-state index contributed by atoms with van der Waals surface area (Å²) in [7, 11) is 0. The molecule has 216 valence electrons. The second-order valence-electron chi connectivity index (χ2n) is 9.13. The first kappa shape index (κ1) is 31.5. The highest BCUT2D eigenvalue weighted by molar-refractivity contribution is 5.95. The van der Waals surface area contributed by atoms with E-state index in [9.17, 15) is 49.5 Å². The lowest BCUT2D eigenvalue weighted by Gasteiger charge is -2.25. The maximum absolute atomic E-state index is 13.2. The van der Waals surface area contributed by atoms with Gasteiger partial charge in [-0.2, -0.15) is 0 Å². The summed E-state index contributed by atoms with van der Waals surface area (Å²) in [5, 5.41) is 54.3. The highest BCUT2D eigenvalue weighted by Crippen LogP contribution is 2.13. The summed E-state index contributed by atoms with van der Waals surface area (Å²) in [4.78, 5) is 61.9. The third-order valence-electron chi connectivity index (χ3n) is 5.83. The first-order valence-corrected chi connectivity index (χ1v) is 12.1. The van der Waals surface area contributed by atoms with Crippen molar-refractivity contribution < 1.29 is 49.5 Å². The number of aliphatic carboxylic acids is 2. The molecule has 5 atom stereocenters. The van der Waals surface area contributed by atoms with E-state index >= 15 is 0 Å². The zero-order chi connectivity index (χ0) is 30.0. The predicted molar refractivity (Wildman–Crippen MR) is 139 cm³/mol. The largest absolute Gasteiger partial charge is 0.508 e. The fourth-order valence-electron chi connectivity index (χ4n) is 3.56. The molecule has 0 bridgehead atoms. The lowest BCUT2D eigenvalue weighted by atomic mass is 10.0. The number of carboxylic acid groups (broad SMARTS) is 2. The number of phenols is 2.